The van der Waals surface area contributed by atoms with Crippen molar-refractivity contribution in [3.63, 3.8) is 0 Å². The molecule has 80 valence electrons. The van der Waals surface area contributed by atoms with E-state index in [1.807, 2.05) is 0 Å². The van der Waals surface area contributed by atoms with Crippen LogP contribution in [-0.4, -0.2) is 23.1 Å². The van der Waals surface area contributed by atoms with Crippen molar-refractivity contribution in [2.75, 3.05) is 0 Å². The van der Waals surface area contributed by atoms with Crippen LogP contribution in [0.3, 0.4) is 0 Å². The first-order chi connectivity index (χ1) is 5.40. The first kappa shape index (κ1) is 12.5. The van der Waals surface area contributed by atoms with Gasteiger partial charge in [0, 0.05) is 0 Å². The summed E-state index contributed by atoms with van der Waals surface area (Å²) in [5, 5.41) is 8.61. The van der Waals surface area contributed by atoms with E-state index in [0.717, 1.165) is 0 Å². The van der Waals surface area contributed by atoms with Crippen LogP contribution < -0.4 is 0 Å². The van der Waals surface area contributed by atoms with Gasteiger partial charge in [0.15, 0.2) is 5.60 Å². The van der Waals surface area contributed by atoms with E-state index in [1.54, 1.807) is 0 Å². The molecular formula is C6H8F6O. The molecule has 1 N–H and O–H groups in total. The Bertz CT molecular complexity index is 179. The van der Waals surface area contributed by atoms with Gasteiger partial charge in [-0.25, -0.2) is 0 Å². The van der Waals surface area contributed by atoms with E-state index < -0.39 is 23.9 Å². The Morgan fingerprint density at radius 2 is 1.31 bits per heavy atom. The van der Waals surface area contributed by atoms with E-state index in [4.69, 9.17) is 5.11 Å². The van der Waals surface area contributed by atoms with Crippen molar-refractivity contribution < 1.29 is 31.4 Å². The van der Waals surface area contributed by atoms with Crippen LogP contribution >= 0.6 is 0 Å². The van der Waals surface area contributed by atoms with E-state index in [0.29, 0.717) is 0 Å². The lowest BCUT2D eigenvalue weighted by Crippen LogP contribution is -2.52. The molecule has 0 aromatic carbocycles. The maximum Gasteiger partial charge on any atom is 0.417 e. The monoisotopic (exact) mass is 210 g/mol. The maximum atomic E-state index is 11.9. The highest BCUT2D eigenvalue weighted by Crippen LogP contribution is 2.43. The molecular weight excluding hydrogens is 202 g/mol. The Labute approximate surface area is 70.4 Å². The molecule has 0 bridgehead atoms. The number of hydrogen-bond acceptors (Lipinski definition) is 1. The first-order valence-electron chi connectivity index (χ1n) is 3.26. The minimum Gasteiger partial charge on any atom is -0.380 e. The third-order valence-corrected chi connectivity index (χ3v) is 1.91. The second-order valence-electron chi connectivity index (χ2n) is 2.91. The van der Waals surface area contributed by atoms with Gasteiger partial charge in [-0.2, -0.15) is 26.3 Å². The molecule has 1 nitrogen and oxygen atoms in total. The van der Waals surface area contributed by atoms with Crippen LogP contribution in [0, 0.1) is 5.92 Å². The predicted molar refractivity (Wildman–Crippen MR) is 31.9 cm³/mol. The Kier molecular flexibility index (Phi) is 2.93. The van der Waals surface area contributed by atoms with Crippen molar-refractivity contribution in [1.29, 1.82) is 0 Å². The fraction of sp³-hybridized carbons (Fsp3) is 1.00. The zero-order valence-corrected chi connectivity index (χ0v) is 6.79. The number of aliphatic hydroxyl groups is 1. The average Bonchev–Trinajstić information content (AvgIpc) is 1.81. The number of halogens is 6. The number of alkyl halides is 6. The van der Waals surface area contributed by atoms with Gasteiger partial charge in [-0.15, -0.1) is 0 Å². The third kappa shape index (κ3) is 2.49. The molecule has 0 amide bonds. The molecule has 0 aliphatic carbocycles. The highest BCUT2D eigenvalue weighted by atomic mass is 19.4. The quantitative estimate of drug-likeness (QED) is 0.659. The summed E-state index contributed by atoms with van der Waals surface area (Å²) >= 11 is 0. The fourth-order valence-electron chi connectivity index (χ4n) is 0.564. The molecule has 0 aliphatic heterocycles. The SMILES string of the molecule is CC(C(F)(F)F)C(C)(O)C(F)(F)F. The standard InChI is InChI=1S/C6H8F6O/c1-3(5(7,8)9)4(2,13)6(10,11)12/h3,13H,1-2H3. The molecule has 7 heteroatoms. The minimum absolute atomic E-state index is 0.102. The molecule has 0 spiro atoms. The van der Waals surface area contributed by atoms with Crippen molar-refractivity contribution in [2.45, 2.75) is 31.8 Å². The zero-order valence-electron chi connectivity index (χ0n) is 6.79. The molecule has 0 aliphatic rings. The molecule has 2 atom stereocenters. The van der Waals surface area contributed by atoms with Gasteiger partial charge in [0.25, 0.3) is 0 Å². The van der Waals surface area contributed by atoms with E-state index in [1.165, 1.54) is 0 Å². The van der Waals surface area contributed by atoms with Crippen molar-refractivity contribution in [2.24, 2.45) is 5.92 Å². The normalized spacial score (nSPS) is 21.0. The van der Waals surface area contributed by atoms with E-state index in [9.17, 15) is 26.3 Å². The Hall–Kier alpha value is -0.460. The van der Waals surface area contributed by atoms with Crippen LogP contribution in [0.1, 0.15) is 13.8 Å². The first-order valence-corrected chi connectivity index (χ1v) is 3.26. The summed E-state index contributed by atoms with van der Waals surface area (Å²) in [5.74, 6) is -2.85. The second kappa shape index (κ2) is 3.04. The smallest absolute Gasteiger partial charge is 0.380 e. The largest absolute Gasteiger partial charge is 0.417 e. The number of rotatable bonds is 1. The Morgan fingerprint density at radius 3 is 1.38 bits per heavy atom. The molecule has 0 heterocycles. The lowest BCUT2D eigenvalue weighted by molar-refractivity contribution is -0.315. The predicted octanol–water partition coefficient (Wildman–Crippen LogP) is 2.50. The summed E-state index contributed by atoms with van der Waals surface area (Å²) in [7, 11) is 0. The second-order valence-corrected chi connectivity index (χ2v) is 2.91. The fourth-order valence-corrected chi connectivity index (χ4v) is 0.564. The van der Waals surface area contributed by atoms with E-state index in [2.05, 4.69) is 0 Å². The molecule has 0 saturated heterocycles. The van der Waals surface area contributed by atoms with Gasteiger partial charge < -0.3 is 5.11 Å². The van der Waals surface area contributed by atoms with Crippen molar-refractivity contribution in [1.82, 2.24) is 0 Å². The highest BCUT2D eigenvalue weighted by molar-refractivity contribution is 4.90. The molecule has 0 fully saturated rings. The van der Waals surface area contributed by atoms with Gasteiger partial charge in [0.1, 0.15) is 0 Å². The summed E-state index contributed by atoms with van der Waals surface area (Å²) in [6, 6.07) is 0. The summed E-state index contributed by atoms with van der Waals surface area (Å²) in [6.07, 6.45) is -10.4. The molecule has 2 unspecified atom stereocenters. The highest BCUT2D eigenvalue weighted by Gasteiger charge is 2.61. The van der Waals surface area contributed by atoms with Crippen LogP contribution in [0.2, 0.25) is 0 Å². The van der Waals surface area contributed by atoms with Gasteiger partial charge in [-0.05, 0) is 6.92 Å². The Morgan fingerprint density at radius 1 is 1.00 bits per heavy atom. The number of hydrogen-bond donors (Lipinski definition) is 1. The molecule has 0 aromatic rings. The molecule has 0 aromatic heterocycles. The molecule has 0 rings (SSSR count). The van der Waals surface area contributed by atoms with Crippen molar-refractivity contribution in [3.8, 4) is 0 Å². The minimum atomic E-state index is -5.29. The topological polar surface area (TPSA) is 20.2 Å². The lowest BCUT2D eigenvalue weighted by atomic mass is 9.90. The van der Waals surface area contributed by atoms with E-state index in [-0.39, 0.29) is 13.8 Å². The lowest BCUT2D eigenvalue weighted by Gasteiger charge is -2.33. The Balaban J connectivity index is 4.86. The van der Waals surface area contributed by atoms with Crippen LogP contribution in [0.4, 0.5) is 26.3 Å². The van der Waals surface area contributed by atoms with Crippen LogP contribution in [0.5, 0.6) is 0 Å². The van der Waals surface area contributed by atoms with Gasteiger partial charge in [0.2, 0.25) is 0 Å². The summed E-state index contributed by atoms with van der Waals surface area (Å²) in [6.45, 7) is 0.388. The summed E-state index contributed by atoms with van der Waals surface area (Å²) < 4.78 is 71.0. The van der Waals surface area contributed by atoms with Crippen LogP contribution in [0.25, 0.3) is 0 Å². The van der Waals surface area contributed by atoms with Gasteiger partial charge >= 0.3 is 12.4 Å². The molecule has 13 heavy (non-hydrogen) atoms. The van der Waals surface area contributed by atoms with Gasteiger partial charge in [0.05, 0.1) is 5.92 Å². The van der Waals surface area contributed by atoms with Crippen LogP contribution in [-0.2, 0) is 0 Å². The van der Waals surface area contributed by atoms with Crippen LogP contribution in [0.15, 0.2) is 0 Å². The van der Waals surface area contributed by atoms with Gasteiger partial charge in [-0.3, -0.25) is 0 Å². The summed E-state index contributed by atoms with van der Waals surface area (Å²) in [4.78, 5) is 0. The van der Waals surface area contributed by atoms with Crippen molar-refractivity contribution >= 4 is 0 Å². The summed E-state index contributed by atoms with van der Waals surface area (Å²) in [5.41, 5.74) is -3.74. The maximum absolute atomic E-state index is 11.9. The third-order valence-electron chi connectivity index (χ3n) is 1.91. The zero-order chi connectivity index (χ0) is 11.1. The molecule has 0 saturated carbocycles. The molecule has 0 radical (unpaired) electrons. The van der Waals surface area contributed by atoms with Crippen molar-refractivity contribution in [3.05, 3.63) is 0 Å². The average molecular weight is 210 g/mol. The van der Waals surface area contributed by atoms with Gasteiger partial charge in [-0.1, -0.05) is 6.92 Å². The van der Waals surface area contributed by atoms with E-state index >= 15 is 0 Å².